The Balaban J connectivity index is 1.63. The number of aryl methyl sites for hydroxylation is 1. The third-order valence-electron chi connectivity index (χ3n) is 5.38. The monoisotopic (exact) mass is 273 g/mol. The van der Waals surface area contributed by atoms with Gasteiger partial charge in [0.25, 0.3) is 0 Å². The molecule has 3 aliphatic carbocycles. The normalized spacial score (nSPS) is 34.2. The molecule has 3 aliphatic rings. The van der Waals surface area contributed by atoms with Crippen molar-refractivity contribution in [2.24, 2.45) is 17.8 Å². The number of hydrogen-bond donors (Lipinski definition) is 2. The lowest BCUT2D eigenvalue weighted by Gasteiger charge is -2.29. The van der Waals surface area contributed by atoms with Gasteiger partial charge in [0.1, 0.15) is 12.1 Å². The van der Waals surface area contributed by atoms with Gasteiger partial charge in [-0.3, -0.25) is 4.79 Å². The highest BCUT2D eigenvalue weighted by atomic mass is 16.4. The predicted octanol–water partition coefficient (Wildman–Crippen LogP) is 1.88. The van der Waals surface area contributed by atoms with Crippen molar-refractivity contribution in [3.8, 4) is 0 Å². The number of aromatic nitrogens is 2. The van der Waals surface area contributed by atoms with E-state index in [9.17, 15) is 9.90 Å². The van der Waals surface area contributed by atoms with Gasteiger partial charge in [0.15, 0.2) is 0 Å². The predicted molar refractivity (Wildman–Crippen MR) is 73.4 cm³/mol. The van der Waals surface area contributed by atoms with Crippen molar-refractivity contribution in [2.45, 2.75) is 44.6 Å². The van der Waals surface area contributed by atoms with Crippen molar-refractivity contribution in [3.63, 3.8) is 0 Å². The smallest absolute Gasteiger partial charge is 0.308 e. The fraction of sp³-hybridized carbons (Fsp3) is 0.667. The fourth-order valence-corrected chi connectivity index (χ4v) is 4.50. The number of anilines is 1. The summed E-state index contributed by atoms with van der Waals surface area (Å²) in [5.41, 5.74) is 2.34. The van der Waals surface area contributed by atoms with Gasteiger partial charge < -0.3 is 10.4 Å². The summed E-state index contributed by atoms with van der Waals surface area (Å²) in [6.45, 7) is 0. The second-order valence-electron chi connectivity index (χ2n) is 6.37. The molecule has 4 atom stereocenters. The number of fused-ring (bicyclic) bond motifs is 3. The van der Waals surface area contributed by atoms with Crippen molar-refractivity contribution in [3.05, 3.63) is 17.6 Å². The van der Waals surface area contributed by atoms with Gasteiger partial charge in [-0.2, -0.15) is 0 Å². The first-order valence-electron chi connectivity index (χ1n) is 7.56. The number of hydrogen-bond acceptors (Lipinski definition) is 4. The van der Waals surface area contributed by atoms with Gasteiger partial charge in [-0.25, -0.2) is 9.97 Å². The minimum Gasteiger partial charge on any atom is -0.481 e. The summed E-state index contributed by atoms with van der Waals surface area (Å²) in [7, 11) is 0. The van der Waals surface area contributed by atoms with E-state index in [0.29, 0.717) is 11.8 Å². The summed E-state index contributed by atoms with van der Waals surface area (Å²) in [4.78, 5) is 20.3. The molecule has 1 heterocycles. The Morgan fingerprint density at radius 1 is 1.25 bits per heavy atom. The van der Waals surface area contributed by atoms with Crippen LogP contribution in [0, 0.1) is 17.8 Å². The van der Waals surface area contributed by atoms with E-state index in [0.717, 1.165) is 50.0 Å². The minimum atomic E-state index is -0.652. The average molecular weight is 273 g/mol. The molecule has 2 N–H and O–H groups in total. The molecule has 0 amide bonds. The van der Waals surface area contributed by atoms with Crippen LogP contribution in [0.15, 0.2) is 6.33 Å². The fourth-order valence-electron chi connectivity index (χ4n) is 4.50. The molecule has 2 fully saturated rings. The lowest BCUT2D eigenvalue weighted by atomic mass is 9.84. The number of carboxylic acid groups (broad SMARTS) is 1. The largest absolute Gasteiger partial charge is 0.481 e. The van der Waals surface area contributed by atoms with Crippen molar-refractivity contribution in [1.29, 1.82) is 0 Å². The Hall–Kier alpha value is -1.65. The molecule has 2 bridgehead atoms. The lowest BCUT2D eigenvalue weighted by Crippen LogP contribution is -2.39. The van der Waals surface area contributed by atoms with Crippen LogP contribution in [-0.4, -0.2) is 27.1 Å². The van der Waals surface area contributed by atoms with Crippen LogP contribution in [0.5, 0.6) is 0 Å². The highest BCUT2D eigenvalue weighted by Crippen LogP contribution is 2.49. The van der Waals surface area contributed by atoms with E-state index >= 15 is 0 Å². The molecule has 5 heteroatoms. The van der Waals surface area contributed by atoms with Crippen molar-refractivity contribution < 1.29 is 9.90 Å². The third-order valence-corrected chi connectivity index (χ3v) is 5.38. The quantitative estimate of drug-likeness (QED) is 0.879. The molecular weight excluding hydrogens is 254 g/mol. The Morgan fingerprint density at radius 2 is 2.10 bits per heavy atom. The van der Waals surface area contributed by atoms with Gasteiger partial charge in [-0.15, -0.1) is 0 Å². The molecule has 0 aliphatic heterocycles. The molecule has 1 aromatic heterocycles. The molecule has 2 saturated carbocycles. The number of carbonyl (C=O) groups is 1. The van der Waals surface area contributed by atoms with Gasteiger partial charge >= 0.3 is 5.97 Å². The van der Waals surface area contributed by atoms with Crippen LogP contribution in [0.25, 0.3) is 0 Å². The molecule has 0 spiro atoms. The molecular formula is C15H19N3O2. The molecule has 4 unspecified atom stereocenters. The summed E-state index contributed by atoms with van der Waals surface area (Å²) >= 11 is 0. The first-order chi connectivity index (χ1) is 9.74. The van der Waals surface area contributed by atoms with Crippen LogP contribution in [0.3, 0.4) is 0 Å². The van der Waals surface area contributed by atoms with Gasteiger partial charge in [0.05, 0.1) is 5.92 Å². The summed E-state index contributed by atoms with van der Waals surface area (Å²) in [5, 5.41) is 13.0. The van der Waals surface area contributed by atoms with Crippen molar-refractivity contribution in [1.82, 2.24) is 9.97 Å². The molecule has 20 heavy (non-hydrogen) atoms. The van der Waals surface area contributed by atoms with Crippen LogP contribution in [0.2, 0.25) is 0 Å². The van der Waals surface area contributed by atoms with E-state index < -0.39 is 5.97 Å². The van der Waals surface area contributed by atoms with E-state index in [1.165, 1.54) is 5.56 Å². The Morgan fingerprint density at radius 3 is 2.95 bits per heavy atom. The Labute approximate surface area is 117 Å². The molecule has 5 nitrogen and oxygen atoms in total. The van der Waals surface area contributed by atoms with Crippen LogP contribution in [0.4, 0.5) is 5.82 Å². The summed E-state index contributed by atoms with van der Waals surface area (Å²) in [6, 6.07) is 0.0471. The first-order valence-corrected chi connectivity index (χ1v) is 7.56. The Bertz CT molecular complexity index is 560. The Kier molecular flexibility index (Phi) is 2.69. The lowest BCUT2D eigenvalue weighted by molar-refractivity contribution is -0.143. The summed E-state index contributed by atoms with van der Waals surface area (Å²) < 4.78 is 0. The second-order valence-corrected chi connectivity index (χ2v) is 6.37. The van der Waals surface area contributed by atoms with Crippen LogP contribution < -0.4 is 5.32 Å². The van der Waals surface area contributed by atoms with Gasteiger partial charge in [0.2, 0.25) is 0 Å². The van der Waals surface area contributed by atoms with Gasteiger partial charge in [-0.1, -0.05) is 0 Å². The van der Waals surface area contributed by atoms with Gasteiger partial charge in [-0.05, 0) is 50.4 Å². The standard InChI is InChI=1S/C15H19N3O2/c19-15(20)12-8-4-5-9(6-8)13(12)18-14-10-2-1-3-11(10)16-7-17-14/h7-9,12-13H,1-6H2,(H,19,20)(H,16,17,18). The maximum absolute atomic E-state index is 11.6. The van der Waals surface area contributed by atoms with Crippen LogP contribution in [-0.2, 0) is 17.6 Å². The average Bonchev–Trinajstić information content (AvgIpc) is 3.13. The SMILES string of the molecule is O=C(O)C1C2CCC(C2)C1Nc1ncnc2c1CCC2. The number of nitrogens with zero attached hydrogens (tertiary/aromatic N) is 2. The zero-order chi connectivity index (χ0) is 13.7. The molecule has 4 rings (SSSR count). The highest BCUT2D eigenvalue weighted by molar-refractivity contribution is 5.73. The molecule has 0 saturated heterocycles. The number of rotatable bonds is 3. The third kappa shape index (κ3) is 1.72. The highest BCUT2D eigenvalue weighted by Gasteiger charge is 2.51. The first kappa shape index (κ1) is 12.1. The van der Waals surface area contributed by atoms with E-state index in [4.69, 9.17) is 0 Å². The summed E-state index contributed by atoms with van der Waals surface area (Å²) in [5.74, 6) is 0.829. The number of nitrogens with one attached hydrogen (secondary N) is 1. The molecule has 1 aromatic rings. The number of aliphatic carboxylic acids is 1. The van der Waals surface area contributed by atoms with Crippen molar-refractivity contribution >= 4 is 11.8 Å². The van der Waals surface area contributed by atoms with Crippen molar-refractivity contribution in [2.75, 3.05) is 5.32 Å². The molecule has 0 radical (unpaired) electrons. The van der Waals surface area contributed by atoms with Crippen LogP contribution in [0.1, 0.15) is 36.9 Å². The van der Waals surface area contributed by atoms with Gasteiger partial charge in [0, 0.05) is 17.3 Å². The van der Waals surface area contributed by atoms with E-state index in [1.54, 1.807) is 6.33 Å². The number of carboxylic acids is 1. The van der Waals surface area contributed by atoms with E-state index in [-0.39, 0.29) is 12.0 Å². The maximum atomic E-state index is 11.6. The zero-order valence-corrected chi connectivity index (χ0v) is 11.4. The zero-order valence-electron chi connectivity index (χ0n) is 11.4. The molecule has 0 aromatic carbocycles. The topological polar surface area (TPSA) is 75.1 Å². The maximum Gasteiger partial charge on any atom is 0.308 e. The summed E-state index contributed by atoms with van der Waals surface area (Å²) in [6.07, 6.45) is 8.04. The van der Waals surface area contributed by atoms with E-state index in [1.807, 2.05) is 0 Å². The van der Waals surface area contributed by atoms with Crippen LogP contribution >= 0.6 is 0 Å². The minimum absolute atomic E-state index is 0.0471. The second kappa shape index (κ2) is 4.43. The van der Waals surface area contributed by atoms with E-state index in [2.05, 4.69) is 15.3 Å². The molecule has 106 valence electrons.